The van der Waals surface area contributed by atoms with Gasteiger partial charge in [-0.3, -0.25) is 0 Å². The lowest BCUT2D eigenvalue weighted by Crippen LogP contribution is -2.13. The number of nitrogen functional groups attached to an aromatic ring is 1. The van der Waals surface area contributed by atoms with Crippen LogP contribution in [0, 0.1) is 11.8 Å². The van der Waals surface area contributed by atoms with E-state index in [-0.39, 0.29) is 0 Å². The van der Waals surface area contributed by atoms with Crippen LogP contribution in [-0.2, 0) is 0 Å². The van der Waals surface area contributed by atoms with Crippen molar-refractivity contribution in [3.05, 3.63) is 18.2 Å². The Kier molecular flexibility index (Phi) is 10.4. The van der Waals surface area contributed by atoms with Crippen LogP contribution >= 0.6 is 0 Å². The number of benzene rings is 1. The van der Waals surface area contributed by atoms with Crippen molar-refractivity contribution in [2.45, 2.75) is 72.6 Å². The Labute approximate surface area is 148 Å². The Bertz CT molecular complexity index is 447. The van der Waals surface area contributed by atoms with Gasteiger partial charge in [-0.25, -0.2) is 0 Å². The fourth-order valence-electron chi connectivity index (χ4n) is 2.88. The highest BCUT2D eigenvalue weighted by atomic mass is 16.5. The first-order valence-electron chi connectivity index (χ1n) is 9.79. The first-order chi connectivity index (χ1) is 11.6. The van der Waals surface area contributed by atoms with Crippen molar-refractivity contribution in [3.8, 4) is 11.5 Å². The van der Waals surface area contributed by atoms with E-state index in [0.717, 1.165) is 37.6 Å². The molecule has 0 aromatic heterocycles. The van der Waals surface area contributed by atoms with Gasteiger partial charge >= 0.3 is 0 Å². The Balaban J connectivity index is 2.51. The zero-order chi connectivity index (χ0) is 17.8. The summed E-state index contributed by atoms with van der Waals surface area (Å²) in [7, 11) is 0. The van der Waals surface area contributed by atoms with Crippen molar-refractivity contribution in [2.24, 2.45) is 11.8 Å². The summed E-state index contributed by atoms with van der Waals surface area (Å²) in [6.07, 6.45) is 8.45. The molecule has 0 spiro atoms. The van der Waals surface area contributed by atoms with Gasteiger partial charge in [0.15, 0.2) is 0 Å². The van der Waals surface area contributed by atoms with Crippen LogP contribution in [0.25, 0.3) is 0 Å². The summed E-state index contributed by atoms with van der Waals surface area (Å²) < 4.78 is 11.9. The molecular formula is C21H37NO2. The van der Waals surface area contributed by atoms with E-state index in [1.54, 1.807) is 0 Å². The summed E-state index contributed by atoms with van der Waals surface area (Å²) in [6, 6.07) is 5.80. The quantitative estimate of drug-likeness (QED) is 0.445. The first-order valence-corrected chi connectivity index (χ1v) is 9.79. The second-order valence-corrected chi connectivity index (χ2v) is 6.80. The van der Waals surface area contributed by atoms with E-state index in [4.69, 9.17) is 15.2 Å². The molecule has 0 saturated heterocycles. The molecule has 24 heavy (non-hydrogen) atoms. The Morgan fingerprint density at radius 3 is 2.12 bits per heavy atom. The van der Waals surface area contributed by atoms with Crippen molar-refractivity contribution in [1.29, 1.82) is 0 Å². The Morgan fingerprint density at radius 1 is 0.875 bits per heavy atom. The van der Waals surface area contributed by atoms with Gasteiger partial charge in [0.25, 0.3) is 0 Å². The summed E-state index contributed by atoms with van der Waals surface area (Å²) in [5.41, 5.74) is 6.80. The van der Waals surface area contributed by atoms with Gasteiger partial charge in [-0.2, -0.15) is 0 Å². The molecule has 138 valence electrons. The van der Waals surface area contributed by atoms with Crippen LogP contribution in [0.4, 0.5) is 5.69 Å². The van der Waals surface area contributed by atoms with E-state index in [2.05, 4.69) is 27.7 Å². The van der Waals surface area contributed by atoms with E-state index in [0.29, 0.717) is 17.5 Å². The SMILES string of the molecule is CCCCC(CC)COc1ccc(OCC(CC)CCC)c(N)c1. The zero-order valence-electron chi connectivity index (χ0n) is 16.1. The van der Waals surface area contributed by atoms with Crippen LogP contribution in [0.2, 0.25) is 0 Å². The maximum absolute atomic E-state index is 6.14. The molecule has 0 aliphatic heterocycles. The summed E-state index contributed by atoms with van der Waals surface area (Å²) in [5, 5.41) is 0. The molecule has 0 saturated carbocycles. The zero-order valence-corrected chi connectivity index (χ0v) is 16.1. The largest absolute Gasteiger partial charge is 0.493 e. The molecule has 2 unspecified atom stereocenters. The smallest absolute Gasteiger partial charge is 0.142 e. The van der Waals surface area contributed by atoms with Crippen molar-refractivity contribution in [2.75, 3.05) is 18.9 Å². The van der Waals surface area contributed by atoms with Crippen molar-refractivity contribution in [3.63, 3.8) is 0 Å². The molecule has 0 aliphatic rings. The predicted octanol–water partition coefficient (Wildman–Crippen LogP) is 6.07. The van der Waals surface area contributed by atoms with Crippen LogP contribution in [0.1, 0.15) is 72.6 Å². The van der Waals surface area contributed by atoms with Crippen LogP contribution in [0.15, 0.2) is 18.2 Å². The van der Waals surface area contributed by atoms with Crippen molar-refractivity contribution < 1.29 is 9.47 Å². The predicted molar refractivity (Wildman–Crippen MR) is 104 cm³/mol. The van der Waals surface area contributed by atoms with Gasteiger partial charge in [0.05, 0.1) is 18.9 Å². The summed E-state index contributed by atoms with van der Waals surface area (Å²) >= 11 is 0. The lowest BCUT2D eigenvalue weighted by atomic mass is 10.0. The van der Waals surface area contributed by atoms with Crippen LogP contribution in [0.5, 0.6) is 11.5 Å². The molecule has 0 bridgehead atoms. The molecule has 0 heterocycles. The number of ether oxygens (including phenoxy) is 2. The molecule has 0 aliphatic carbocycles. The second kappa shape index (κ2) is 12.0. The fraction of sp³-hybridized carbons (Fsp3) is 0.714. The first kappa shape index (κ1) is 20.7. The maximum atomic E-state index is 6.14. The normalized spacial score (nSPS) is 13.5. The Morgan fingerprint density at radius 2 is 1.54 bits per heavy atom. The molecule has 0 amide bonds. The monoisotopic (exact) mass is 335 g/mol. The van der Waals surface area contributed by atoms with Crippen LogP contribution < -0.4 is 15.2 Å². The highest BCUT2D eigenvalue weighted by molar-refractivity contribution is 5.56. The molecule has 1 rings (SSSR count). The topological polar surface area (TPSA) is 44.5 Å². The third kappa shape index (κ3) is 7.46. The number of rotatable bonds is 13. The fourth-order valence-corrected chi connectivity index (χ4v) is 2.88. The van der Waals surface area contributed by atoms with Gasteiger partial charge in [0, 0.05) is 6.07 Å². The van der Waals surface area contributed by atoms with Gasteiger partial charge < -0.3 is 15.2 Å². The van der Waals surface area contributed by atoms with E-state index >= 15 is 0 Å². The van der Waals surface area contributed by atoms with Crippen molar-refractivity contribution >= 4 is 5.69 Å². The molecule has 1 aromatic rings. The average Bonchev–Trinajstić information content (AvgIpc) is 2.60. The average molecular weight is 336 g/mol. The van der Waals surface area contributed by atoms with Crippen molar-refractivity contribution in [1.82, 2.24) is 0 Å². The molecular weight excluding hydrogens is 298 g/mol. The number of hydrogen-bond acceptors (Lipinski definition) is 3. The molecule has 2 N–H and O–H groups in total. The Hall–Kier alpha value is -1.38. The molecule has 3 heteroatoms. The van der Waals surface area contributed by atoms with E-state index < -0.39 is 0 Å². The highest BCUT2D eigenvalue weighted by Crippen LogP contribution is 2.28. The molecule has 1 aromatic carbocycles. The van der Waals surface area contributed by atoms with Gasteiger partial charge in [-0.05, 0) is 36.8 Å². The number of hydrogen-bond donors (Lipinski definition) is 1. The van der Waals surface area contributed by atoms with Gasteiger partial charge in [-0.1, -0.05) is 59.8 Å². The minimum atomic E-state index is 0.606. The highest BCUT2D eigenvalue weighted by Gasteiger charge is 2.10. The molecule has 0 fully saturated rings. The lowest BCUT2D eigenvalue weighted by molar-refractivity contribution is 0.229. The van der Waals surface area contributed by atoms with Crippen LogP contribution in [0.3, 0.4) is 0 Å². The minimum absolute atomic E-state index is 0.606. The second-order valence-electron chi connectivity index (χ2n) is 6.80. The third-order valence-corrected chi connectivity index (χ3v) is 4.76. The van der Waals surface area contributed by atoms with Gasteiger partial charge in [0.2, 0.25) is 0 Å². The van der Waals surface area contributed by atoms with E-state index in [1.165, 1.54) is 32.1 Å². The summed E-state index contributed by atoms with van der Waals surface area (Å²) in [5.74, 6) is 2.85. The van der Waals surface area contributed by atoms with E-state index in [1.807, 2.05) is 18.2 Å². The van der Waals surface area contributed by atoms with Crippen LogP contribution in [-0.4, -0.2) is 13.2 Å². The number of anilines is 1. The summed E-state index contributed by atoms with van der Waals surface area (Å²) in [4.78, 5) is 0. The molecule has 3 nitrogen and oxygen atoms in total. The number of unbranched alkanes of at least 4 members (excludes halogenated alkanes) is 1. The third-order valence-electron chi connectivity index (χ3n) is 4.76. The number of nitrogens with two attached hydrogens (primary N) is 1. The standard InChI is InChI=1S/C21H37NO2/c1-5-9-11-18(8-4)15-23-19-12-13-21(20(22)14-19)24-16-17(7-3)10-6-2/h12-14,17-18H,5-11,15-16,22H2,1-4H3. The summed E-state index contributed by atoms with van der Waals surface area (Å²) in [6.45, 7) is 10.4. The minimum Gasteiger partial charge on any atom is -0.493 e. The van der Waals surface area contributed by atoms with E-state index in [9.17, 15) is 0 Å². The van der Waals surface area contributed by atoms with Gasteiger partial charge in [0.1, 0.15) is 11.5 Å². The van der Waals surface area contributed by atoms with Gasteiger partial charge in [-0.15, -0.1) is 0 Å². The maximum Gasteiger partial charge on any atom is 0.142 e. The lowest BCUT2D eigenvalue weighted by Gasteiger charge is -2.18. The molecule has 0 radical (unpaired) electrons. The molecule has 2 atom stereocenters.